The molecule has 0 aliphatic carbocycles. The molecule has 0 N–H and O–H groups in total. The second-order valence-corrected chi connectivity index (χ2v) is 7.96. The zero-order valence-electron chi connectivity index (χ0n) is 17.9. The van der Waals surface area contributed by atoms with E-state index in [1.165, 1.54) is 18.2 Å². The van der Waals surface area contributed by atoms with E-state index in [1.54, 1.807) is 27.9 Å². The summed E-state index contributed by atoms with van der Waals surface area (Å²) in [6.07, 6.45) is 0.565. The predicted octanol–water partition coefficient (Wildman–Crippen LogP) is 3.70. The molecule has 3 aromatic rings. The molecule has 4 rings (SSSR count). The quantitative estimate of drug-likeness (QED) is 0.532. The second-order valence-electron chi connectivity index (χ2n) is 7.96. The molecule has 6 nitrogen and oxygen atoms in total. The van der Waals surface area contributed by atoms with Gasteiger partial charge >= 0.3 is 6.18 Å². The van der Waals surface area contributed by atoms with E-state index in [0.717, 1.165) is 11.6 Å². The first kappa shape index (κ1) is 22.7. The maximum absolute atomic E-state index is 12.9. The van der Waals surface area contributed by atoms with Gasteiger partial charge < -0.3 is 4.90 Å². The maximum atomic E-state index is 12.9. The standard InChI is InChI=1S/C24H24F3N5O/c25-24(26,27)21-8-4-7-20(15-21)16-30-11-13-31(14-12-30)23(33)10-9-22-18-32(29-28-22)17-19-5-2-1-3-6-19/h1-10,15,18H,11-14,16-17H2/b10-9+. The number of benzene rings is 2. The first-order valence-electron chi connectivity index (χ1n) is 10.7. The summed E-state index contributed by atoms with van der Waals surface area (Å²) in [7, 11) is 0. The lowest BCUT2D eigenvalue weighted by molar-refractivity contribution is -0.137. The number of alkyl halides is 3. The average molecular weight is 455 g/mol. The molecule has 9 heteroatoms. The summed E-state index contributed by atoms with van der Waals surface area (Å²) >= 11 is 0. The van der Waals surface area contributed by atoms with Crippen molar-refractivity contribution in [3.63, 3.8) is 0 Å². The number of halogens is 3. The van der Waals surface area contributed by atoms with Gasteiger partial charge in [-0.15, -0.1) is 5.10 Å². The van der Waals surface area contributed by atoms with E-state index < -0.39 is 11.7 Å². The minimum Gasteiger partial charge on any atom is -0.337 e. The first-order chi connectivity index (χ1) is 15.9. The molecular formula is C24H24F3N5O. The van der Waals surface area contributed by atoms with Gasteiger partial charge in [-0.3, -0.25) is 9.69 Å². The molecule has 33 heavy (non-hydrogen) atoms. The van der Waals surface area contributed by atoms with E-state index >= 15 is 0 Å². The Balaban J connectivity index is 1.26. The second kappa shape index (κ2) is 9.99. The highest BCUT2D eigenvalue weighted by atomic mass is 19.4. The van der Waals surface area contributed by atoms with Crippen LogP contribution in [-0.4, -0.2) is 56.9 Å². The Morgan fingerprint density at radius 3 is 2.39 bits per heavy atom. The molecule has 1 fully saturated rings. The fourth-order valence-electron chi connectivity index (χ4n) is 3.73. The van der Waals surface area contributed by atoms with Crippen molar-refractivity contribution in [2.45, 2.75) is 19.3 Å². The van der Waals surface area contributed by atoms with Crippen molar-refractivity contribution in [2.24, 2.45) is 0 Å². The summed E-state index contributed by atoms with van der Waals surface area (Å²) in [5, 5.41) is 8.17. The van der Waals surface area contributed by atoms with Crippen molar-refractivity contribution in [2.75, 3.05) is 26.2 Å². The maximum Gasteiger partial charge on any atom is 0.416 e. The van der Waals surface area contributed by atoms with Gasteiger partial charge in [0.1, 0.15) is 5.69 Å². The average Bonchev–Trinajstić information content (AvgIpc) is 3.25. The van der Waals surface area contributed by atoms with Crippen LogP contribution in [0.5, 0.6) is 0 Å². The van der Waals surface area contributed by atoms with Gasteiger partial charge in [-0.25, -0.2) is 4.68 Å². The Morgan fingerprint density at radius 1 is 0.939 bits per heavy atom. The molecule has 1 aliphatic heterocycles. The minimum absolute atomic E-state index is 0.119. The molecule has 172 valence electrons. The zero-order chi connectivity index (χ0) is 23.3. The molecule has 0 atom stereocenters. The van der Waals surface area contributed by atoms with E-state index in [1.807, 2.05) is 30.3 Å². The summed E-state index contributed by atoms with van der Waals surface area (Å²) < 4.78 is 40.4. The van der Waals surface area contributed by atoms with Gasteiger partial charge in [-0.2, -0.15) is 13.2 Å². The van der Waals surface area contributed by atoms with Crippen LogP contribution in [0.1, 0.15) is 22.4 Å². The Morgan fingerprint density at radius 2 is 1.67 bits per heavy atom. The summed E-state index contributed by atoms with van der Waals surface area (Å²) in [5.41, 5.74) is 1.68. The molecule has 1 amide bonds. The number of hydrogen-bond donors (Lipinski definition) is 0. The highest BCUT2D eigenvalue weighted by Crippen LogP contribution is 2.29. The van der Waals surface area contributed by atoms with Crippen molar-refractivity contribution in [3.8, 4) is 0 Å². The van der Waals surface area contributed by atoms with Crippen LogP contribution in [0, 0.1) is 0 Å². The van der Waals surface area contributed by atoms with E-state index in [0.29, 0.717) is 50.5 Å². The third kappa shape index (κ3) is 6.29. The Labute approximate surface area is 189 Å². The van der Waals surface area contributed by atoms with Crippen LogP contribution < -0.4 is 0 Å². The Bertz CT molecular complexity index is 1100. The number of amides is 1. The largest absolute Gasteiger partial charge is 0.416 e. The van der Waals surface area contributed by atoms with Gasteiger partial charge in [0, 0.05) is 38.8 Å². The minimum atomic E-state index is -4.35. The fraction of sp³-hybridized carbons (Fsp3) is 0.292. The first-order valence-corrected chi connectivity index (χ1v) is 10.7. The predicted molar refractivity (Wildman–Crippen MR) is 118 cm³/mol. The number of piperazine rings is 1. The highest BCUT2D eigenvalue weighted by molar-refractivity contribution is 5.91. The number of aromatic nitrogens is 3. The lowest BCUT2D eigenvalue weighted by atomic mass is 10.1. The van der Waals surface area contributed by atoms with Gasteiger partial charge in [-0.05, 0) is 23.3 Å². The fourth-order valence-corrected chi connectivity index (χ4v) is 3.73. The van der Waals surface area contributed by atoms with Gasteiger partial charge in [-0.1, -0.05) is 53.7 Å². The van der Waals surface area contributed by atoms with Crippen molar-refractivity contribution in [1.82, 2.24) is 24.8 Å². The third-order valence-electron chi connectivity index (χ3n) is 5.48. The molecular weight excluding hydrogens is 431 g/mol. The molecule has 0 spiro atoms. The van der Waals surface area contributed by atoms with Crippen LogP contribution >= 0.6 is 0 Å². The number of hydrogen-bond acceptors (Lipinski definition) is 4. The summed E-state index contributed by atoms with van der Waals surface area (Å²) in [6, 6.07) is 15.3. The number of rotatable bonds is 6. The molecule has 1 aliphatic rings. The van der Waals surface area contributed by atoms with Gasteiger partial charge in [0.2, 0.25) is 5.91 Å². The van der Waals surface area contributed by atoms with Gasteiger partial charge in [0.15, 0.2) is 0 Å². The van der Waals surface area contributed by atoms with E-state index in [9.17, 15) is 18.0 Å². The van der Waals surface area contributed by atoms with Crippen molar-refractivity contribution in [3.05, 3.63) is 89.3 Å². The molecule has 1 aromatic heterocycles. The molecule has 1 saturated heterocycles. The molecule has 0 bridgehead atoms. The zero-order valence-corrected chi connectivity index (χ0v) is 17.9. The highest BCUT2D eigenvalue weighted by Gasteiger charge is 2.30. The summed E-state index contributed by atoms with van der Waals surface area (Å²) in [6.45, 7) is 3.26. The van der Waals surface area contributed by atoms with Crippen LogP contribution in [0.4, 0.5) is 13.2 Å². The SMILES string of the molecule is O=C(/C=C/c1cn(Cc2ccccc2)nn1)N1CCN(Cc2cccc(C(F)(F)F)c2)CC1. The van der Waals surface area contributed by atoms with Crippen LogP contribution in [-0.2, 0) is 24.1 Å². The van der Waals surface area contributed by atoms with Crippen LogP contribution in [0.2, 0.25) is 0 Å². The molecule has 0 radical (unpaired) electrons. The van der Waals surface area contributed by atoms with Crippen LogP contribution in [0.25, 0.3) is 6.08 Å². The van der Waals surface area contributed by atoms with E-state index in [4.69, 9.17) is 0 Å². The third-order valence-corrected chi connectivity index (χ3v) is 5.48. The molecule has 0 saturated carbocycles. The molecule has 2 heterocycles. The van der Waals surface area contributed by atoms with Crippen LogP contribution in [0.3, 0.4) is 0 Å². The number of carbonyl (C=O) groups is 1. The normalized spacial score (nSPS) is 15.3. The molecule has 0 unspecified atom stereocenters. The summed E-state index contributed by atoms with van der Waals surface area (Å²) in [5.74, 6) is -0.119. The van der Waals surface area contributed by atoms with E-state index in [-0.39, 0.29) is 5.91 Å². The monoisotopic (exact) mass is 455 g/mol. The van der Waals surface area contributed by atoms with Crippen molar-refractivity contribution >= 4 is 12.0 Å². The van der Waals surface area contributed by atoms with E-state index in [2.05, 4.69) is 15.2 Å². The van der Waals surface area contributed by atoms with Crippen molar-refractivity contribution in [1.29, 1.82) is 0 Å². The summed E-state index contributed by atoms with van der Waals surface area (Å²) in [4.78, 5) is 16.3. The smallest absolute Gasteiger partial charge is 0.337 e. The van der Waals surface area contributed by atoms with Crippen LogP contribution in [0.15, 0.2) is 66.9 Å². The van der Waals surface area contributed by atoms with Gasteiger partial charge in [0.05, 0.1) is 18.3 Å². The van der Waals surface area contributed by atoms with Gasteiger partial charge in [0.25, 0.3) is 0 Å². The lowest BCUT2D eigenvalue weighted by Gasteiger charge is -2.34. The topological polar surface area (TPSA) is 54.3 Å². The number of nitrogens with zero attached hydrogens (tertiary/aromatic N) is 5. The molecule has 2 aromatic carbocycles. The lowest BCUT2D eigenvalue weighted by Crippen LogP contribution is -2.47. The van der Waals surface area contributed by atoms with Crippen molar-refractivity contribution < 1.29 is 18.0 Å². The Hall–Kier alpha value is -3.46. The Kier molecular flexibility index (Phi) is 6.88. The number of carbonyl (C=O) groups excluding carboxylic acids is 1.